The Kier molecular flexibility index (Phi) is 4.51. The first-order chi connectivity index (χ1) is 9.80. The lowest BCUT2D eigenvalue weighted by atomic mass is 10.0. The molecule has 2 rings (SSSR count). The summed E-state index contributed by atoms with van der Waals surface area (Å²) in [5.74, 6) is -1.25. The third-order valence-corrected chi connectivity index (χ3v) is 4.04. The number of hydrogen-bond acceptors (Lipinski definition) is 4. The van der Waals surface area contributed by atoms with E-state index in [0.717, 1.165) is 5.56 Å². The van der Waals surface area contributed by atoms with Crippen LogP contribution in [0.25, 0.3) is 0 Å². The number of carbonyl (C=O) groups is 2. The molecule has 1 aliphatic rings. The third-order valence-electron chi connectivity index (χ3n) is 3.63. The van der Waals surface area contributed by atoms with Gasteiger partial charge in [0.25, 0.3) is 0 Å². The van der Waals surface area contributed by atoms with E-state index in [1.807, 2.05) is 13.0 Å². The Hall–Kier alpha value is -1.63. The second-order valence-corrected chi connectivity index (χ2v) is 5.84. The highest BCUT2D eigenvalue weighted by atomic mass is 35.5. The van der Waals surface area contributed by atoms with Gasteiger partial charge in [-0.15, -0.1) is 0 Å². The molecular formula is C14H18ClN3O3. The summed E-state index contributed by atoms with van der Waals surface area (Å²) in [4.78, 5) is 24.7. The molecule has 1 unspecified atom stereocenters. The normalized spacial score (nSPS) is 22.2. The number of rotatable bonds is 4. The lowest BCUT2D eigenvalue weighted by Crippen LogP contribution is -2.50. The predicted octanol–water partition coefficient (Wildman–Crippen LogP) is 1.07. The Morgan fingerprint density at radius 1 is 1.52 bits per heavy atom. The van der Waals surface area contributed by atoms with Crippen LogP contribution in [-0.2, 0) is 9.59 Å². The Bertz CT molecular complexity index is 579. The van der Waals surface area contributed by atoms with Crippen molar-refractivity contribution in [2.75, 3.05) is 25.0 Å². The first kappa shape index (κ1) is 15.8. The van der Waals surface area contributed by atoms with Crippen LogP contribution in [0.2, 0.25) is 5.02 Å². The van der Waals surface area contributed by atoms with Gasteiger partial charge in [-0.1, -0.05) is 17.7 Å². The van der Waals surface area contributed by atoms with E-state index in [9.17, 15) is 9.59 Å². The van der Waals surface area contributed by atoms with E-state index in [-0.39, 0.29) is 19.0 Å². The average molecular weight is 312 g/mol. The van der Waals surface area contributed by atoms with E-state index < -0.39 is 11.5 Å². The minimum atomic E-state index is -1.26. The van der Waals surface area contributed by atoms with Crippen LogP contribution in [0.1, 0.15) is 12.0 Å². The van der Waals surface area contributed by atoms with Gasteiger partial charge in [-0.25, -0.2) is 0 Å². The van der Waals surface area contributed by atoms with Crippen LogP contribution in [0.15, 0.2) is 18.2 Å². The number of carbonyl (C=O) groups excluding carboxylic acids is 1. The number of halogens is 1. The molecule has 1 amide bonds. The predicted molar refractivity (Wildman–Crippen MR) is 80.4 cm³/mol. The van der Waals surface area contributed by atoms with Gasteiger partial charge >= 0.3 is 5.97 Å². The van der Waals surface area contributed by atoms with Crippen molar-refractivity contribution in [3.05, 3.63) is 28.8 Å². The molecule has 1 aliphatic heterocycles. The highest BCUT2D eigenvalue weighted by Crippen LogP contribution is 2.21. The van der Waals surface area contributed by atoms with E-state index in [1.165, 1.54) is 0 Å². The highest BCUT2D eigenvalue weighted by molar-refractivity contribution is 6.31. The van der Waals surface area contributed by atoms with Crippen molar-refractivity contribution in [1.82, 2.24) is 4.90 Å². The first-order valence-electron chi connectivity index (χ1n) is 6.61. The van der Waals surface area contributed by atoms with Crippen LogP contribution < -0.4 is 11.1 Å². The highest BCUT2D eigenvalue weighted by Gasteiger charge is 2.41. The molecule has 6 nitrogen and oxygen atoms in total. The Labute approximate surface area is 127 Å². The smallest absolute Gasteiger partial charge is 0.325 e. The van der Waals surface area contributed by atoms with E-state index in [2.05, 4.69) is 5.32 Å². The number of benzene rings is 1. The maximum atomic E-state index is 12.0. The molecule has 21 heavy (non-hydrogen) atoms. The van der Waals surface area contributed by atoms with E-state index in [4.69, 9.17) is 22.4 Å². The molecule has 1 aromatic rings. The lowest BCUT2D eigenvalue weighted by Gasteiger charge is -2.19. The lowest BCUT2D eigenvalue weighted by molar-refractivity contribution is -0.143. The molecule has 0 radical (unpaired) electrons. The fraction of sp³-hybridized carbons (Fsp3) is 0.429. The zero-order valence-corrected chi connectivity index (χ0v) is 12.5. The van der Waals surface area contributed by atoms with Gasteiger partial charge in [0.2, 0.25) is 5.91 Å². The Balaban J connectivity index is 1.91. The Morgan fingerprint density at radius 2 is 2.24 bits per heavy atom. The maximum absolute atomic E-state index is 12.0. The number of amides is 1. The Morgan fingerprint density at radius 3 is 2.81 bits per heavy atom. The number of aliphatic carboxylic acids is 1. The molecule has 0 bridgehead atoms. The third kappa shape index (κ3) is 3.72. The number of carboxylic acids is 1. The van der Waals surface area contributed by atoms with Crippen molar-refractivity contribution < 1.29 is 14.7 Å². The molecule has 1 aromatic carbocycles. The fourth-order valence-corrected chi connectivity index (χ4v) is 2.48. The van der Waals surface area contributed by atoms with Gasteiger partial charge in [0, 0.05) is 23.8 Å². The van der Waals surface area contributed by atoms with Gasteiger partial charge in [0.05, 0.1) is 6.54 Å². The van der Waals surface area contributed by atoms with Crippen molar-refractivity contribution in [3.8, 4) is 0 Å². The summed E-state index contributed by atoms with van der Waals surface area (Å²) in [5.41, 5.74) is 6.06. The van der Waals surface area contributed by atoms with Gasteiger partial charge < -0.3 is 16.2 Å². The summed E-state index contributed by atoms with van der Waals surface area (Å²) >= 11 is 6.00. The molecule has 4 N–H and O–H groups in total. The molecule has 0 aromatic heterocycles. The molecule has 1 heterocycles. The molecule has 0 aliphatic carbocycles. The van der Waals surface area contributed by atoms with Crippen LogP contribution in [-0.4, -0.2) is 47.1 Å². The average Bonchev–Trinajstić information content (AvgIpc) is 2.77. The van der Waals surface area contributed by atoms with Gasteiger partial charge in [0.15, 0.2) is 0 Å². The number of likely N-dealkylation sites (tertiary alicyclic amines) is 1. The standard InChI is InChI=1S/C14H18ClN3O3/c1-9-2-3-10(6-11(9)15)17-12(19)7-18-5-4-14(16,8-18)13(20)21/h2-3,6H,4-5,7-8,16H2,1H3,(H,17,19)(H,20,21). The monoisotopic (exact) mass is 311 g/mol. The van der Waals surface area contributed by atoms with Crippen LogP contribution in [0, 0.1) is 6.92 Å². The first-order valence-corrected chi connectivity index (χ1v) is 6.98. The summed E-state index contributed by atoms with van der Waals surface area (Å²) < 4.78 is 0. The minimum absolute atomic E-state index is 0.109. The summed E-state index contributed by atoms with van der Waals surface area (Å²) in [6.07, 6.45) is 0.339. The zero-order chi connectivity index (χ0) is 15.6. The van der Waals surface area contributed by atoms with Gasteiger partial charge in [-0.2, -0.15) is 0 Å². The number of nitrogens with one attached hydrogen (secondary N) is 1. The topological polar surface area (TPSA) is 95.7 Å². The SMILES string of the molecule is Cc1ccc(NC(=O)CN2CCC(N)(C(=O)O)C2)cc1Cl. The molecule has 1 atom stereocenters. The number of carboxylic acid groups (broad SMARTS) is 1. The fourth-order valence-electron chi connectivity index (χ4n) is 2.30. The van der Waals surface area contributed by atoms with Gasteiger partial charge in [-0.3, -0.25) is 14.5 Å². The maximum Gasteiger partial charge on any atom is 0.325 e. The summed E-state index contributed by atoms with van der Waals surface area (Å²) in [6, 6.07) is 5.28. The van der Waals surface area contributed by atoms with Crippen LogP contribution in [0.3, 0.4) is 0 Å². The number of aryl methyl sites for hydroxylation is 1. The van der Waals surface area contributed by atoms with E-state index in [0.29, 0.717) is 23.7 Å². The quantitative estimate of drug-likeness (QED) is 0.773. The second-order valence-electron chi connectivity index (χ2n) is 5.43. The number of hydrogen-bond donors (Lipinski definition) is 3. The van der Waals surface area contributed by atoms with Gasteiger partial charge in [0.1, 0.15) is 5.54 Å². The number of nitrogens with zero attached hydrogens (tertiary/aromatic N) is 1. The molecule has 114 valence electrons. The summed E-state index contributed by atoms with van der Waals surface area (Å²) in [6.45, 7) is 2.65. The van der Waals surface area contributed by atoms with Crippen molar-refractivity contribution >= 4 is 29.2 Å². The number of nitrogens with two attached hydrogens (primary N) is 1. The van der Waals surface area contributed by atoms with Crippen LogP contribution in [0.4, 0.5) is 5.69 Å². The van der Waals surface area contributed by atoms with Crippen LogP contribution in [0.5, 0.6) is 0 Å². The van der Waals surface area contributed by atoms with Crippen molar-refractivity contribution in [2.45, 2.75) is 18.9 Å². The summed E-state index contributed by atoms with van der Waals surface area (Å²) in [5, 5.41) is 12.4. The minimum Gasteiger partial charge on any atom is -0.480 e. The van der Waals surface area contributed by atoms with Crippen molar-refractivity contribution in [1.29, 1.82) is 0 Å². The molecule has 0 spiro atoms. The second kappa shape index (κ2) is 6.01. The van der Waals surface area contributed by atoms with Gasteiger partial charge in [-0.05, 0) is 31.0 Å². The molecule has 1 fully saturated rings. The molecule has 0 saturated carbocycles. The van der Waals surface area contributed by atoms with E-state index >= 15 is 0 Å². The van der Waals surface area contributed by atoms with Crippen molar-refractivity contribution in [3.63, 3.8) is 0 Å². The van der Waals surface area contributed by atoms with Crippen molar-refractivity contribution in [2.24, 2.45) is 5.73 Å². The van der Waals surface area contributed by atoms with Crippen LogP contribution >= 0.6 is 11.6 Å². The summed E-state index contributed by atoms with van der Waals surface area (Å²) in [7, 11) is 0. The molecule has 1 saturated heterocycles. The number of anilines is 1. The van der Waals surface area contributed by atoms with E-state index in [1.54, 1.807) is 17.0 Å². The molecule has 7 heteroatoms. The zero-order valence-electron chi connectivity index (χ0n) is 11.7. The molecular weight excluding hydrogens is 294 g/mol. The largest absolute Gasteiger partial charge is 0.480 e.